The van der Waals surface area contributed by atoms with Crippen LogP contribution in [0.4, 0.5) is 0 Å². The van der Waals surface area contributed by atoms with Crippen molar-refractivity contribution < 1.29 is 0 Å². The van der Waals surface area contributed by atoms with Gasteiger partial charge in [0, 0.05) is 11.8 Å². The Morgan fingerprint density at radius 3 is 0.902 bits per heavy atom. The summed E-state index contributed by atoms with van der Waals surface area (Å²) in [7, 11) is 0. The van der Waals surface area contributed by atoms with Gasteiger partial charge in [0.15, 0.2) is 0 Å². The van der Waals surface area contributed by atoms with Gasteiger partial charge in [0.25, 0.3) is 0 Å². The number of rotatable bonds is 19. The number of benzene rings is 4. The molecule has 0 saturated carbocycles. The van der Waals surface area contributed by atoms with Crippen molar-refractivity contribution in [1.82, 2.24) is 0 Å². The van der Waals surface area contributed by atoms with Gasteiger partial charge in [-0.05, 0) is 47.6 Å². The second kappa shape index (κ2) is 18.3. The van der Waals surface area contributed by atoms with Crippen LogP contribution in [0.2, 0.25) is 0 Å². The van der Waals surface area contributed by atoms with Crippen LogP contribution in [0.3, 0.4) is 0 Å². The van der Waals surface area contributed by atoms with E-state index in [2.05, 4.69) is 121 Å². The van der Waals surface area contributed by atoms with Crippen molar-refractivity contribution >= 4 is 0 Å². The lowest BCUT2D eigenvalue weighted by molar-refractivity contribution is 0.369. The molecule has 41 heavy (non-hydrogen) atoms. The van der Waals surface area contributed by atoms with E-state index in [0.717, 1.165) is 6.54 Å². The maximum absolute atomic E-state index is 5.62. The average Bonchev–Trinajstić information content (AvgIpc) is 3.04. The molecule has 0 amide bonds. The molecule has 216 valence electrons. The zero-order valence-corrected chi connectivity index (χ0v) is 25.0. The molecule has 0 unspecified atom stereocenters. The van der Waals surface area contributed by atoms with E-state index in [0.29, 0.717) is 17.8 Å². The molecule has 0 fully saturated rings. The van der Waals surface area contributed by atoms with Gasteiger partial charge < -0.3 is 5.73 Å². The van der Waals surface area contributed by atoms with Crippen LogP contribution in [-0.2, 0) is 0 Å². The van der Waals surface area contributed by atoms with E-state index in [1.54, 1.807) is 0 Å². The van der Waals surface area contributed by atoms with E-state index in [1.807, 2.05) is 0 Å². The highest BCUT2D eigenvalue weighted by Gasteiger charge is 2.33. The highest BCUT2D eigenvalue weighted by Crippen LogP contribution is 2.46. The van der Waals surface area contributed by atoms with Crippen molar-refractivity contribution in [2.24, 2.45) is 11.7 Å². The number of nitrogens with two attached hydrogens (primary N) is 1. The quantitative estimate of drug-likeness (QED) is 0.116. The molecule has 0 aliphatic rings. The molecular formula is C40H51N. The predicted octanol–water partition coefficient (Wildman–Crippen LogP) is 10.9. The van der Waals surface area contributed by atoms with Crippen LogP contribution in [-0.4, -0.2) is 6.54 Å². The van der Waals surface area contributed by atoms with Crippen molar-refractivity contribution in [3.63, 3.8) is 0 Å². The van der Waals surface area contributed by atoms with Crippen LogP contribution >= 0.6 is 0 Å². The number of hydrogen-bond acceptors (Lipinski definition) is 1. The standard InChI is InChI=1S/C40H51N/c41-33-23-9-7-5-3-1-2-4-6-8-22-32-38(39(34-24-14-10-15-25-34)35-26-16-11-17-27-35)40(36-28-18-12-19-29-36)37-30-20-13-21-31-37/h10-21,24-31,38-40H,1-9,22-23,32-33,41H2. The van der Waals surface area contributed by atoms with Gasteiger partial charge in [0.1, 0.15) is 0 Å². The summed E-state index contributed by atoms with van der Waals surface area (Å²) < 4.78 is 0. The van der Waals surface area contributed by atoms with Crippen LogP contribution in [0.1, 0.15) is 111 Å². The van der Waals surface area contributed by atoms with Gasteiger partial charge in [-0.25, -0.2) is 0 Å². The minimum absolute atomic E-state index is 0.335. The summed E-state index contributed by atoms with van der Waals surface area (Å²) >= 11 is 0. The highest BCUT2D eigenvalue weighted by molar-refractivity contribution is 5.39. The van der Waals surface area contributed by atoms with E-state index in [9.17, 15) is 0 Å². The summed E-state index contributed by atoms with van der Waals surface area (Å²) in [6, 6.07) is 45.0. The van der Waals surface area contributed by atoms with Gasteiger partial charge in [-0.15, -0.1) is 0 Å². The van der Waals surface area contributed by atoms with Crippen molar-refractivity contribution in [1.29, 1.82) is 0 Å². The fraction of sp³-hybridized carbons (Fsp3) is 0.400. The molecule has 0 radical (unpaired) electrons. The summed E-state index contributed by atoms with van der Waals surface area (Å²) in [4.78, 5) is 0. The topological polar surface area (TPSA) is 26.0 Å². The maximum Gasteiger partial charge on any atom is 0.0127 e. The van der Waals surface area contributed by atoms with E-state index >= 15 is 0 Å². The normalized spacial score (nSPS) is 11.5. The molecule has 2 N–H and O–H groups in total. The second-order valence-corrected chi connectivity index (χ2v) is 11.7. The molecular weight excluding hydrogens is 494 g/mol. The summed E-state index contributed by atoms with van der Waals surface area (Å²) in [5.41, 5.74) is 11.3. The fourth-order valence-corrected chi connectivity index (χ4v) is 6.66. The Balaban J connectivity index is 1.50. The largest absolute Gasteiger partial charge is 0.330 e. The molecule has 4 aromatic carbocycles. The molecule has 4 rings (SSSR count). The van der Waals surface area contributed by atoms with E-state index in [1.165, 1.54) is 99.3 Å². The minimum Gasteiger partial charge on any atom is -0.330 e. The third kappa shape index (κ3) is 10.0. The van der Waals surface area contributed by atoms with Gasteiger partial charge in [-0.3, -0.25) is 0 Å². The third-order valence-electron chi connectivity index (χ3n) is 8.73. The van der Waals surface area contributed by atoms with Crippen LogP contribution in [0, 0.1) is 5.92 Å². The Labute approximate surface area is 250 Å². The third-order valence-corrected chi connectivity index (χ3v) is 8.73. The Bertz CT molecular complexity index is 1010. The fourth-order valence-electron chi connectivity index (χ4n) is 6.66. The second-order valence-electron chi connectivity index (χ2n) is 11.7. The molecule has 0 atom stereocenters. The van der Waals surface area contributed by atoms with E-state index in [4.69, 9.17) is 5.73 Å². The lowest BCUT2D eigenvalue weighted by Crippen LogP contribution is -2.23. The van der Waals surface area contributed by atoms with Gasteiger partial charge >= 0.3 is 0 Å². The van der Waals surface area contributed by atoms with Crippen LogP contribution in [0.5, 0.6) is 0 Å². The molecule has 0 heterocycles. The highest BCUT2D eigenvalue weighted by atomic mass is 14.5. The SMILES string of the molecule is NCCCCCCCCCCCCCC(C(c1ccccc1)c1ccccc1)C(c1ccccc1)c1ccccc1. The van der Waals surface area contributed by atoms with E-state index < -0.39 is 0 Å². The van der Waals surface area contributed by atoms with Crippen LogP contribution < -0.4 is 5.73 Å². The lowest BCUT2D eigenvalue weighted by Gasteiger charge is -2.36. The smallest absolute Gasteiger partial charge is 0.0127 e. The molecule has 1 heteroatoms. The summed E-state index contributed by atoms with van der Waals surface area (Å²) in [6.45, 7) is 0.843. The number of unbranched alkanes of at least 4 members (excludes halogenated alkanes) is 10. The first-order valence-electron chi connectivity index (χ1n) is 16.3. The first kappa shape index (κ1) is 30.8. The summed E-state index contributed by atoms with van der Waals surface area (Å²) in [6.07, 6.45) is 15.9. The zero-order chi connectivity index (χ0) is 28.4. The predicted molar refractivity (Wildman–Crippen MR) is 177 cm³/mol. The molecule has 0 spiro atoms. The van der Waals surface area contributed by atoms with Crippen molar-refractivity contribution in [2.45, 2.75) is 88.9 Å². The van der Waals surface area contributed by atoms with Gasteiger partial charge in [0.05, 0.1) is 0 Å². The average molecular weight is 546 g/mol. The zero-order valence-electron chi connectivity index (χ0n) is 25.0. The Morgan fingerprint density at radius 2 is 0.610 bits per heavy atom. The molecule has 0 aromatic heterocycles. The van der Waals surface area contributed by atoms with Gasteiger partial charge in [0.2, 0.25) is 0 Å². The molecule has 4 aromatic rings. The Kier molecular flexibility index (Phi) is 13.7. The first-order valence-corrected chi connectivity index (χ1v) is 16.3. The first-order chi connectivity index (χ1) is 20.4. The minimum atomic E-state index is 0.335. The van der Waals surface area contributed by atoms with Crippen LogP contribution in [0.25, 0.3) is 0 Å². The van der Waals surface area contributed by atoms with E-state index in [-0.39, 0.29) is 0 Å². The monoisotopic (exact) mass is 545 g/mol. The van der Waals surface area contributed by atoms with Crippen molar-refractivity contribution in [3.05, 3.63) is 144 Å². The molecule has 0 aliphatic heterocycles. The Hall–Kier alpha value is -3.16. The Morgan fingerprint density at radius 1 is 0.341 bits per heavy atom. The lowest BCUT2D eigenvalue weighted by atomic mass is 9.68. The van der Waals surface area contributed by atoms with Gasteiger partial charge in [-0.1, -0.05) is 186 Å². The van der Waals surface area contributed by atoms with Gasteiger partial charge in [-0.2, -0.15) is 0 Å². The number of hydrogen-bond donors (Lipinski definition) is 1. The van der Waals surface area contributed by atoms with Crippen molar-refractivity contribution in [3.8, 4) is 0 Å². The molecule has 0 saturated heterocycles. The molecule has 0 aliphatic carbocycles. The van der Waals surface area contributed by atoms with Crippen molar-refractivity contribution in [2.75, 3.05) is 6.54 Å². The van der Waals surface area contributed by atoms with Crippen LogP contribution in [0.15, 0.2) is 121 Å². The molecule has 1 nitrogen and oxygen atoms in total. The molecule has 0 bridgehead atoms. The summed E-state index contributed by atoms with van der Waals surface area (Å²) in [5, 5.41) is 0. The summed E-state index contributed by atoms with van der Waals surface area (Å²) in [5.74, 6) is 1.13. The maximum atomic E-state index is 5.62.